The quantitative estimate of drug-likeness (QED) is 0.735. The summed E-state index contributed by atoms with van der Waals surface area (Å²) in [6.07, 6.45) is 1.09. The van der Waals surface area contributed by atoms with E-state index in [4.69, 9.17) is 5.14 Å². The smallest absolute Gasteiger partial charge is 0.138 e. The minimum Gasteiger partial charge on any atom is -0.316 e. The van der Waals surface area contributed by atoms with Crippen molar-refractivity contribution < 1.29 is 4.39 Å². The zero-order chi connectivity index (χ0) is 9.97. The molecule has 1 aliphatic rings. The lowest BCUT2D eigenvalue weighted by molar-refractivity contribution is 0.595. The van der Waals surface area contributed by atoms with Crippen molar-refractivity contribution in [3.63, 3.8) is 0 Å². The van der Waals surface area contributed by atoms with Gasteiger partial charge in [0.25, 0.3) is 0 Å². The summed E-state index contributed by atoms with van der Waals surface area (Å²) in [7, 11) is 0. The van der Waals surface area contributed by atoms with Gasteiger partial charge in [-0.25, -0.2) is 4.39 Å². The van der Waals surface area contributed by atoms with Crippen molar-refractivity contribution in [2.45, 2.75) is 17.2 Å². The summed E-state index contributed by atoms with van der Waals surface area (Å²) < 4.78 is 13.4. The maximum atomic E-state index is 13.4. The molecule has 3 N–H and O–H groups in total. The molecule has 0 aliphatic carbocycles. The van der Waals surface area contributed by atoms with Gasteiger partial charge in [-0.2, -0.15) is 0 Å². The largest absolute Gasteiger partial charge is 0.316 e. The molecule has 1 aliphatic heterocycles. The lowest BCUT2D eigenvalue weighted by Crippen LogP contribution is -2.08. The van der Waals surface area contributed by atoms with Gasteiger partial charge in [-0.15, -0.1) is 0 Å². The van der Waals surface area contributed by atoms with E-state index < -0.39 is 0 Å². The molecule has 1 aromatic carbocycles. The van der Waals surface area contributed by atoms with Crippen molar-refractivity contribution in [3.8, 4) is 0 Å². The average Bonchev–Trinajstić information content (AvgIpc) is 2.70. The third-order valence-electron chi connectivity index (χ3n) is 2.61. The Morgan fingerprint density at radius 2 is 2.36 bits per heavy atom. The number of benzene rings is 1. The van der Waals surface area contributed by atoms with Gasteiger partial charge in [0.1, 0.15) is 5.82 Å². The van der Waals surface area contributed by atoms with Crippen molar-refractivity contribution in [3.05, 3.63) is 29.6 Å². The highest BCUT2D eigenvalue weighted by Gasteiger charge is 2.17. The first-order chi connectivity index (χ1) is 6.81. The molecule has 1 heterocycles. The van der Waals surface area contributed by atoms with Crippen molar-refractivity contribution in [1.82, 2.24) is 5.32 Å². The van der Waals surface area contributed by atoms with E-state index in [9.17, 15) is 4.39 Å². The number of hydrogen-bond acceptors (Lipinski definition) is 3. The molecule has 1 atom stereocenters. The van der Waals surface area contributed by atoms with Crippen LogP contribution in [-0.4, -0.2) is 13.1 Å². The minimum atomic E-state index is -0.207. The molecule has 76 valence electrons. The molecular formula is C10H13FN2S. The molecule has 1 saturated heterocycles. The molecule has 14 heavy (non-hydrogen) atoms. The van der Waals surface area contributed by atoms with E-state index in [1.807, 2.05) is 6.07 Å². The van der Waals surface area contributed by atoms with Crippen LogP contribution in [0, 0.1) is 5.82 Å². The highest BCUT2D eigenvalue weighted by molar-refractivity contribution is 7.97. The van der Waals surface area contributed by atoms with Crippen LogP contribution in [0.4, 0.5) is 4.39 Å². The summed E-state index contributed by atoms with van der Waals surface area (Å²) in [5.74, 6) is 0.253. The Labute approximate surface area is 87.2 Å². The molecule has 0 bridgehead atoms. The molecular weight excluding hydrogens is 199 g/mol. The lowest BCUT2D eigenvalue weighted by Gasteiger charge is -2.09. The second-order valence-electron chi connectivity index (χ2n) is 3.50. The zero-order valence-electron chi connectivity index (χ0n) is 7.79. The van der Waals surface area contributed by atoms with Gasteiger partial charge in [0.2, 0.25) is 0 Å². The van der Waals surface area contributed by atoms with E-state index in [2.05, 4.69) is 5.32 Å². The van der Waals surface area contributed by atoms with Crippen LogP contribution in [0.3, 0.4) is 0 Å². The summed E-state index contributed by atoms with van der Waals surface area (Å²) in [5, 5.41) is 8.59. The molecule has 0 saturated carbocycles. The van der Waals surface area contributed by atoms with Crippen molar-refractivity contribution in [1.29, 1.82) is 0 Å². The number of halogens is 1. The summed E-state index contributed by atoms with van der Waals surface area (Å²) in [6, 6.07) is 5.33. The van der Waals surface area contributed by atoms with Crippen LogP contribution >= 0.6 is 11.9 Å². The Morgan fingerprint density at radius 1 is 1.50 bits per heavy atom. The topological polar surface area (TPSA) is 38.0 Å². The zero-order valence-corrected chi connectivity index (χ0v) is 8.61. The molecule has 1 unspecified atom stereocenters. The minimum absolute atomic E-state index is 0.207. The fraction of sp³-hybridized carbons (Fsp3) is 0.400. The Morgan fingerprint density at radius 3 is 2.93 bits per heavy atom. The van der Waals surface area contributed by atoms with Crippen LogP contribution in [0.1, 0.15) is 17.9 Å². The number of nitrogens with one attached hydrogen (secondary N) is 1. The maximum absolute atomic E-state index is 13.4. The highest BCUT2D eigenvalue weighted by atomic mass is 32.2. The summed E-state index contributed by atoms with van der Waals surface area (Å²) in [5.41, 5.74) is 1.07. The Balaban J connectivity index is 2.23. The van der Waals surface area contributed by atoms with E-state index in [-0.39, 0.29) is 5.82 Å². The van der Waals surface area contributed by atoms with Gasteiger partial charge < -0.3 is 5.32 Å². The highest BCUT2D eigenvalue weighted by Crippen LogP contribution is 2.26. The van der Waals surface area contributed by atoms with Crippen LogP contribution < -0.4 is 10.5 Å². The second kappa shape index (κ2) is 4.29. The van der Waals surface area contributed by atoms with Gasteiger partial charge in [0, 0.05) is 6.54 Å². The number of rotatable bonds is 2. The Bertz CT molecular complexity index is 324. The predicted molar refractivity (Wildman–Crippen MR) is 56.7 cm³/mol. The first kappa shape index (κ1) is 9.96. The lowest BCUT2D eigenvalue weighted by atomic mass is 9.98. The molecule has 0 radical (unpaired) electrons. The molecule has 4 heteroatoms. The van der Waals surface area contributed by atoms with Gasteiger partial charge in [0.05, 0.1) is 4.90 Å². The first-order valence-electron chi connectivity index (χ1n) is 4.68. The summed E-state index contributed by atoms with van der Waals surface area (Å²) in [6.45, 7) is 1.98. The number of nitrogens with two attached hydrogens (primary N) is 1. The fourth-order valence-electron chi connectivity index (χ4n) is 1.81. The Kier molecular flexibility index (Phi) is 3.05. The van der Waals surface area contributed by atoms with Crippen LogP contribution in [0.2, 0.25) is 0 Å². The average molecular weight is 212 g/mol. The van der Waals surface area contributed by atoms with Crippen LogP contribution in [0.5, 0.6) is 0 Å². The normalized spacial score (nSPS) is 21.4. The molecule has 2 nitrogen and oxygen atoms in total. The SMILES string of the molecule is NSc1ccc(C2CCNC2)cc1F. The maximum Gasteiger partial charge on any atom is 0.138 e. The van der Waals surface area contributed by atoms with E-state index in [0.29, 0.717) is 10.8 Å². The molecule has 2 rings (SSSR count). The third-order valence-corrected chi connectivity index (χ3v) is 3.20. The summed E-state index contributed by atoms with van der Waals surface area (Å²) in [4.78, 5) is 0.514. The van der Waals surface area contributed by atoms with Crippen LogP contribution in [-0.2, 0) is 0 Å². The monoisotopic (exact) mass is 212 g/mol. The standard InChI is InChI=1S/C10H13FN2S/c11-9-5-7(1-2-10(9)14-12)8-3-4-13-6-8/h1-2,5,8,13H,3-4,6,12H2. The first-order valence-corrected chi connectivity index (χ1v) is 5.56. The van der Waals surface area contributed by atoms with Crippen molar-refractivity contribution in [2.24, 2.45) is 5.14 Å². The predicted octanol–water partition coefficient (Wildman–Crippen LogP) is 1.87. The molecule has 1 fully saturated rings. The van der Waals surface area contributed by atoms with E-state index in [1.165, 1.54) is 0 Å². The van der Waals surface area contributed by atoms with Crippen molar-refractivity contribution >= 4 is 11.9 Å². The summed E-state index contributed by atoms with van der Waals surface area (Å²) >= 11 is 0.956. The fourth-order valence-corrected chi connectivity index (χ4v) is 2.12. The van der Waals surface area contributed by atoms with Gasteiger partial charge >= 0.3 is 0 Å². The van der Waals surface area contributed by atoms with E-state index in [1.54, 1.807) is 12.1 Å². The van der Waals surface area contributed by atoms with Crippen molar-refractivity contribution in [2.75, 3.05) is 13.1 Å². The van der Waals surface area contributed by atoms with E-state index in [0.717, 1.165) is 37.0 Å². The molecule has 0 spiro atoms. The van der Waals surface area contributed by atoms with Crippen LogP contribution in [0.25, 0.3) is 0 Å². The Hall–Kier alpha value is -0.580. The molecule has 0 amide bonds. The number of hydrogen-bond donors (Lipinski definition) is 2. The van der Waals surface area contributed by atoms with E-state index >= 15 is 0 Å². The molecule has 1 aromatic rings. The van der Waals surface area contributed by atoms with Gasteiger partial charge in [-0.3, -0.25) is 5.14 Å². The van der Waals surface area contributed by atoms with Gasteiger partial charge in [-0.1, -0.05) is 6.07 Å². The van der Waals surface area contributed by atoms with Gasteiger partial charge in [-0.05, 0) is 48.5 Å². The third kappa shape index (κ3) is 1.92. The van der Waals surface area contributed by atoms with Gasteiger partial charge in [0.15, 0.2) is 0 Å². The second-order valence-corrected chi connectivity index (χ2v) is 4.17. The molecule has 0 aromatic heterocycles. The van der Waals surface area contributed by atoms with Crippen LogP contribution in [0.15, 0.2) is 23.1 Å².